The van der Waals surface area contributed by atoms with Gasteiger partial charge in [-0.05, 0) is 50.2 Å². The number of carboxylic acids is 1. The highest BCUT2D eigenvalue weighted by molar-refractivity contribution is 8.01. The number of carbonyl (C=O) groups is 4. The maximum atomic E-state index is 13.3. The van der Waals surface area contributed by atoms with Gasteiger partial charge in [-0.1, -0.05) is 16.9 Å². The Morgan fingerprint density at radius 1 is 1.18 bits per heavy atom. The fraction of sp³-hybridized carbons (Fsp3) is 0.630. The van der Waals surface area contributed by atoms with E-state index < -0.39 is 53.1 Å². The lowest BCUT2D eigenvalue weighted by Crippen LogP contribution is -2.71. The van der Waals surface area contributed by atoms with Crippen LogP contribution in [0.3, 0.4) is 0 Å². The average Bonchev–Trinajstić information content (AvgIpc) is 3.68. The van der Waals surface area contributed by atoms with E-state index in [1.807, 2.05) is 0 Å². The summed E-state index contributed by atoms with van der Waals surface area (Å²) in [6.07, 6.45) is 0.868. The van der Waals surface area contributed by atoms with Gasteiger partial charge in [0.05, 0.1) is 0 Å². The first-order valence-corrected chi connectivity index (χ1v) is 18.1. The van der Waals surface area contributed by atoms with Gasteiger partial charge in [0.15, 0.2) is 5.13 Å². The number of carboxylic acid groups (broad SMARTS) is 1. The van der Waals surface area contributed by atoms with E-state index in [9.17, 15) is 24.3 Å². The number of nitrogens with two attached hydrogens (primary N) is 1. The lowest BCUT2D eigenvalue weighted by Gasteiger charge is -2.49. The highest BCUT2D eigenvalue weighted by Gasteiger charge is 2.54. The molecular formula is C27H38N12O7S3. The maximum Gasteiger partial charge on any atom is 0.352 e. The standard InChI is InChI=1S/C27H38N12O7S3/c1-27(2,3)46-16(40)12-45-32-17(20-30-25(28)49-33-20)21(41)29-18-22(42)39-19(24(43)44)15(13-47-23(18)39)14-48-26-31-34-35-38(26)7-5-6-37-10-8-36(4)9-11-37/h18,23H,5-14H2,1-4H3,(H,29,41)(H,43,44)(H2,28,30,33)/t18?,23-/m0/s1. The van der Waals surface area contributed by atoms with Gasteiger partial charge in [0.25, 0.3) is 11.8 Å². The predicted molar refractivity (Wildman–Crippen MR) is 179 cm³/mol. The smallest absolute Gasteiger partial charge is 0.352 e. The lowest BCUT2D eigenvalue weighted by molar-refractivity contribution is -0.160. The first-order chi connectivity index (χ1) is 23.3. The molecule has 3 aliphatic heterocycles. The topological polar surface area (TPSA) is 236 Å². The number of esters is 1. The number of amides is 2. The maximum absolute atomic E-state index is 13.3. The zero-order chi connectivity index (χ0) is 35.3. The number of piperazine rings is 1. The molecule has 2 amide bonds. The van der Waals surface area contributed by atoms with E-state index in [1.165, 1.54) is 28.4 Å². The third kappa shape index (κ3) is 9.23. The molecule has 2 atom stereocenters. The molecule has 0 aliphatic carbocycles. The minimum Gasteiger partial charge on any atom is -0.477 e. The van der Waals surface area contributed by atoms with Crippen LogP contribution in [0.4, 0.5) is 5.13 Å². The van der Waals surface area contributed by atoms with Gasteiger partial charge in [-0.25, -0.2) is 14.3 Å². The fourth-order valence-electron chi connectivity index (χ4n) is 5.15. The van der Waals surface area contributed by atoms with Crippen LogP contribution >= 0.6 is 35.1 Å². The number of thioether (sulfide) groups is 2. The first-order valence-electron chi connectivity index (χ1n) is 15.3. The quantitative estimate of drug-likeness (QED) is 0.0717. The number of β-lactam (4-membered cyclic amide) rings is 1. The van der Waals surface area contributed by atoms with Crippen molar-refractivity contribution in [3.8, 4) is 0 Å². The van der Waals surface area contributed by atoms with Gasteiger partial charge in [0.2, 0.25) is 23.3 Å². The van der Waals surface area contributed by atoms with Gasteiger partial charge in [-0.3, -0.25) is 14.5 Å². The third-order valence-corrected chi connectivity index (χ3v) is 10.4. The van der Waals surface area contributed by atoms with Gasteiger partial charge < -0.3 is 35.5 Å². The van der Waals surface area contributed by atoms with E-state index in [1.54, 1.807) is 25.5 Å². The molecule has 0 radical (unpaired) electrons. The Kier molecular flexibility index (Phi) is 11.7. The SMILES string of the molecule is CN1CCN(CCCn2nnnc2SCC2=C(C(=O)O)N3C(=O)C(NC(=O)C(=NOCC(=O)OC(C)(C)C)c4nsc(N)n4)[C@@H]3SC2)CC1. The molecule has 2 aromatic heterocycles. The molecule has 0 saturated carbocycles. The van der Waals surface area contributed by atoms with Crippen LogP contribution in [-0.4, -0.2) is 154 Å². The number of hydrogen-bond acceptors (Lipinski definition) is 18. The lowest BCUT2D eigenvalue weighted by atomic mass is 10.0. The number of aromatic nitrogens is 6. The molecule has 2 saturated heterocycles. The highest BCUT2D eigenvalue weighted by Crippen LogP contribution is 2.41. The van der Waals surface area contributed by atoms with E-state index in [0.717, 1.165) is 50.7 Å². The molecule has 49 heavy (non-hydrogen) atoms. The molecule has 19 nitrogen and oxygen atoms in total. The van der Waals surface area contributed by atoms with E-state index >= 15 is 0 Å². The molecule has 1 unspecified atom stereocenters. The Labute approximate surface area is 294 Å². The Bertz CT molecular complexity index is 1620. The second kappa shape index (κ2) is 15.8. The summed E-state index contributed by atoms with van der Waals surface area (Å²) in [5.41, 5.74) is 4.90. The number of nitrogen functional groups attached to an aromatic ring is 1. The number of tetrazole rings is 1. The van der Waals surface area contributed by atoms with E-state index in [2.05, 4.69) is 52.2 Å². The largest absolute Gasteiger partial charge is 0.477 e. The zero-order valence-electron chi connectivity index (χ0n) is 27.4. The molecule has 22 heteroatoms. The Balaban J connectivity index is 1.20. The number of aryl methyl sites for hydroxylation is 1. The number of hydrogen-bond donors (Lipinski definition) is 3. The van der Waals surface area contributed by atoms with Crippen molar-refractivity contribution in [1.82, 2.24) is 49.6 Å². The second-order valence-electron chi connectivity index (χ2n) is 12.3. The molecule has 0 aromatic carbocycles. The monoisotopic (exact) mass is 738 g/mol. The van der Waals surface area contributed by atoms with Crippen molar-refractivity contribution in [2.24, 2.45) is 5.16 Å². The molecule has 5 heterocycles. The van der Waals surface area contributed by atoms with Crippen molar-refractivity contribution in [3.05, 3.63) is 17.1 Å². The Morgan fingerprint density at radius 2 is 1.94 bits per heavy atom. The second-order valence-corrected chi connectivity index (χ2v) is 15.2. The van der Waals surface area contributed by atoms with Crippen molar-refractivity contribution in [1.29, 1.82) is 0 Å². The van der Waals surface area contributed by atoms with Crippen molar-refractivity contribution in [2.45, 2.75) is 55.9 Å². The molecule has 2 aromatic rings. The van der Waals surface area contributed by atoms with Crippen LogP contribution in [0.15, 0.2) is 21.6 Å². The first kappa shape index (κ1) is 36.4. The van der Waals surface area contributed by atoms with Crippen LogP contribution in [0, 0.1) is 0 Å². The fourth-order valence-corrected chi connectivity index (χ4v) is 7.97. The third-order valence-electron chi connectivity index (χ3n) is 7.48. The van der Waals surface area contributed by atoms with Gasteiger partial charge in [-0.15, -0.1) is 16.9 Å². The number of carbonyl (C=O) groups excluding carboxylic acids is 3. The minimum atomic E-state index is -1.26. The van der Waals surface area contributed by atoms with Crippen LogP contribution in [-0.2, 0) is 35.3 Å². The van der Waals surface area contributed by atoms with Gasteiger partial charge in [-0.2, -0.15) is 9.36 Å². The number of anilines is 1. The summed E-state index contributed by atoms with van der Waals surface area (Å²) in [7, 11) is 2.12. The molecule has 4 N–H and O–H groups in total. The number of fused-ring (bicyclic) bond motifs is 1. The summed E-state index contributed by atoms with van der Waals surface area (Å²) < 4.78 is 10.9. The summed E-state index contributed by atoms with van der Waals surface area (Å²) in [4.78, 5) is 66.0. The number of ether oxygens (including phenoxy) is 1. The normalized spacial score (nSPS) is 20.5. The number of nitrogens with zero attached hydrogens (tertiary/aromatic N) is 10. The van der Waals surface area contributed by atoms with E-state index in [4.69, 9.17) is 15.3 Å². The summed E-state index contributed by atoms with van der Waals surface area (Å²) in [6, 6.07) is -1.07. The van der Waals surface area contributed by atoms with Gasteiger partial charge >= 0.3 is 11.9 Å². The van der Waals surface area contributed by atoms with Crippen molar-refractivity contribution < 1.29 is 33.9 Å². The van der Waals surface area contributed by atoms with E-state index in [-0.39, 0.29) is 22.4 Å². The zero-order valence-corrected chi connectivity index (χ0v) is 29.8. The number of oxime groups is 1. The molecule has 0 bridgehead atoms. The molecule has 5 rings (SSSR count). The minimum absolute atomic E-state index is 0.0534. The Hall–Kier alpha value is -3.86. The molecular weight excluding hydrogens is 701 g/mol. The van der Waals surface area contributed by atoms with Crippen LogP contribution in [0.1, 0.15) is 33.0 Å². The van der Waals surface area contributed by atoms with Gasteiger partial charge in [0, 0.05) is 62.3 Å². The molecule has 3 aliphatic rings. The average molecular weight is 739 g/mol. The Morgan fingerprint density at radius 3 is 2.61 bits per heavy atom. The van der Waals surface area contributed by atoms with Crippen LogP contribution in [0.5, 0.6) is 0 Å². The molecule has 266 valence electrons. The number of likely N-dealkylation sites (N-methyl/N-ethyl adjacent to an activating group) is 1. The number of nitrogens with one attached hydrogen (secondary N) is 1. The highest BCUT2D eigenvalue weighted by atomic mass is 32.2. The predicted octanol–water partition coefficient (Wildman–Crippen LogP) is -0.662. The van der Waals surface area contributed by atoms with Crippen LogP contribution < -0.4 is 11.1 Å². The molecule has 2 fully saturated rings. The van der Waals surface area contributed by atoms with Crippen molar-refractivity contribution in [2.75, 3.05) is 63.6 Å². The van der Waals surface area contributed by atoms with Gasteiger partial charge in [0.1, 0.15) is 22.7 Å². The molecule has 0 spiro atoms. The summed E-state index contributed by atoms with van der Waals surface area (Å²) >= 11 is 3.43. The summed E-state index contributed by atoms with van der Waals surface area (Å²) in [6.45, 7) is 10.1. The summed E-state index contributed by atoms with van der Waals surface area (Å²) in [5.74, 6) is -3.08. The van der Waals surface area contributed by atoms with Crippen molar-refractivity contribution in [3.63, 3.8) is 0 Å². The van der Waals surface area contributed by atoms with E-state index in [0.29, 0.717) is 23.0 Å². The van der Waals surface area contributed by atoms with Crippen molar-refractivity contribution >= 4 is 69.7 Å². The van der Waals surface area contributed by atoms with Crippen LogP contribution in [0.25, 0.3) is 0 Å². The summed E-state index contributed by atoms with van der Waals surface area (Å²) in [5, 5.41) is 28.4. The number of aliphatic carboxylic acids is 1. The van der Waals surface area contributed by atoms with Crippen LogP contribution in [0.2, 0.25) is 0 Å². The number of rotatable bonds is 14.